The number of aromatic nitrogens is 2. The molecule has 10 heteroatoms. The third kappa shape index (κ3) is 3.67. The van der Waals surface area contributed by atoms with Gasteiger partial charge in [-0.25, -0.2) is 8.78 Å². The molecule has 3 N–H and O–H groups in total. The number of nitrogens with zero attached hydrogens (tertiary/aromatic N) is 1. The second kappa shape index (κ2) is 7.64. The van der Waals surface area contributed by atoms with Gasteiger partial charge >= 0.3 is 6.18 Å². The summed E-state index contributed by atoms with van der Waals surface area (Å²) in [7, 11) is 0. The molecule has 5 nitrogen and oxygen atoms in total. The van der Waals surface area contributed by atoms with Gasteiger partial charge < -0.3 is 10.7 Å². The van der Waals surface area contributed by atoms with E-state index in [9.17, 15) is 31.5 Å². The molecule has 33 heavy (non-hydrogen) atoms. The van der Waals surface area contributed by atoms with E-state index in [1.807, 2.05) is 0 Å². The van der Waals surface area contributed by atoms with E-state index >= 15 is 0 Å². The Morgan fingerprint density at radius 2 is 1.85 bits per heavy atom. The fraction of sp³-hybridized carbons (Fsp3) is 0.348. The molecule has 1 fully saturated rings. The van der Waals surface area contributed by atoms with Gasteiger partial charge in [-0.2, -0.15) is 13.2 Å². The number of nitrogens with one attached hydrogen (secondary N) is 1. The van der Waals surface area contributed by atoms with Gasteiger partial charge in [-0.15, -0.1) is 0 Å². The van der Waals surface area contributed by atoms with Crippen LogP contribution in [0.3, 0.4) is 0 Å². The average molecular weight is 465 g/mol. The first kappa shape index (κ1) is 22.9. The highest BCUT2D eigenvalue weighted by Crippen LogP contribution is 2.60. The molecular weight excluding hydrogens is 445 g/mol. The molecule has 3 atom stereocenters. The van der Waals surface area contributed by atoms with Crippen molar-refractivity contribution in [2.45, 2.75) is 44.7 Å². The largest absolute Gasteiger partial charge is 0.394 e. The highest BCUT2D eigenvalue weighted by Gasteiger charge is 2.58. The molecule has 4 rings (SSSR count). The molecule has 0 saturated heterocycles. The molecule has 3 aromatic rings. The SMILES string of the molecule is Cc1c(C2C[C@](C)(C(F)(F)F)CC2c2cc(=O)c3c(C(N)=O)nccc3[nH]2)ccc(F)c1F. The Morgan fingerprint density at radius 3 is 2.48 bits per heavy atom. The molecular formula is C23H20F5N3O2. The van der Waals surface area contributed by atoms with Crippen LogP contribution in [0, 0.1) is 24.0 Å². The summed E-state index contributed by atoms with van der Waals surface area (Å²) in [4.78, 5) is 31.3. The van der Waals surface area contributed by atoms with Crippen LogP contribution in [0.2, 0.25) is 0 Å². The van der Waals surface area contributed by atoms with E-state index in [1.165, 1.54) is 25.3 Å². The summed E-state index contributed by atoms with van der Waals surface area (Å²) in [5, 5.41) is -0.0640. The van der Waals surface area contributed by atoms with E-state index < -0.39 is 46.4 Å². The van der Waals surface area contributed by atoms with Crippen LogP contribution >= 0.6 is 0 Å². The third-order valence-electron chi connectivity index (χ3n) is 6.69. The highest BCUT2D eigenvalue weighted by atomic mass is 19.4. The lowest BCUT2D eigenvalue weighted by atomic mass is 9.83. The van der Waals surface area contributed by atoms with E-state index in [2.05, 4.69) is 9.97 Å². The van der Waals surface area contributed by atoms with Gasteiger partial charge in [0.2, 0.25) is 0 Å². The molecule has 0 spiro atoms. The van der Waals surface area contributed by atoms with Crippen molar-refractivity contribution < 1.29 is 26.7 Å². The summed E-state index contributed by atoms with van der Waals surface area (Å²) in [6.07, 6.45) is -4.02. The number of hydrogen-bond acceptors (Lipinski definition) is 3. The number of primary amides is 1. The van der Waals surface area contributed by atoms with E-state index in [0.29, 0.717) is 0 Å². The van der Waals surface area contributed by atoms with Crippen LogP contribution in [0.15, 0.2) is 35.3 Å². The second-order valence-corrected chi connectivity index (χ2v) is 8.79. The highest BCUT2D eigenvalue weighted by molar-refractivity contribution is 6.03. The van der Waals surface area contributed by atoms with Crippen molar-refractivity contribution in [1.82, 2.24) is 9.97 Å². The van der Waals surface area contributed by atoms with Crippen LogP contribution in [0.1, 0.15) is 58.9 Å². The van der Waals surface area contributed by atoms with Crippen molar-refractivity contribution in [3.8, 4) is 0 Å². The molecule has 1 amide bonds. The van der Waals surface area contributed by atoms with Crippen LogP contribution in [0.4, 0.5) is 22.0 Å². The minimum absolute atomic E-state index is 0.0640. The van der Waals surface area contributed by atoms with Gasteiger partial charge in [0.1, 0.15) is 5.69 Å². The zero-order valence-corrected chi connectivity index (χ0v) is 17.7. The topological polar surface area (TPSA) is 88.8 Å². The lowest BCUT2D eigenvalue weighted by Crippen LogP contribution is -2.32. The maximum absolute atomic E-state index is 14.3. The van der Waals surface area contributed by atoms with Gasteiger partial charge in [-0.05, 0) is 48.9 Å². The van der Waals surface area contributed by atoms with Crippen LogP contribution in [0.5, 0.6) is 0 Å². The summed E-state index contributed by atoms with van der Waals surface area (Å²) < 4.78 is 69.9. The summed E-state index contributed by atoms with van der Waals surface area (Å²) in [6.45, 7) is 2.41. The Bertz CT molecular complexity index is 1330. The van der Waals surface area contributed by atoms with Gasteiger partial charge in [0, 0.05) is 23.9 Å². The van der Waals surface area contributed by atoms with Gasteiger partial charge in [0.15, 0.2) is 17.1 Å². The Labute approximate surface area is 184 Å². The average Bonchev–Trinajstić information content (AvgIpc) is 3.10. The fourth-order valence-corrected chi connectivity index (χ4v) is 4.90. The number of carbonyl (C=O) groups excluding carboxylic acids is 1. The van der Waals surface area contributed by atoms with Crippen LogP contribution in [-0.4, -0.2) is 22.1 Å². The normalized spacial score (nSPS) is 23.2. The summed E-state index contributed by atoms with van der Waals surface area (Å²) in [6, 6.07) is 4.74. The first-order valence-corrected chi connectivity index (χ1v) is 10.2. The number of halogens is 5. The quantitative estimate of drug-likeness (QED) is 0.543. The molecule has 2 unspecified atom stereocenters. The molecule has 1 aliphatic carbocycles. The minimum Gasteiger partial charge on any atom is -0.364 e. The number of nitrogens with two attached hydrogens (primary N) is 1. The Morgan fingerprint density at radius 1 is 1.18 bits per heavy atom. The predicted octanol–water partition coefficient (Wildman–Crippen LogP) is 4.84. The Balaban J connectivity index is 1.92. The van der Waals surface area contributed by atoms with Gasteiger partial charge in [-0.1, -0.05) is 13.0 Å². The lowest BCUT2D eigenvalue weighted by molar-refractivity contribution is -0.216. The van der Waals surface area contributed by atoms with Crippen molar-refractivity contribution in [3.63, 3.8) is 0 Å². The van der Waals surface area contributed by atoms with E-state index in [0.717, 1.165) is 19.1 Å². The molecule has 174 valence electrons. The molecule has 2 heterocycles. The number of amides is 1. The zero-order chi connectivity index (χ0) is 24.3. The van der Waals surface area contributed by atoms with E-state index in [1.54, 1.807) is 0 Å². The number of pyridine rings is 2. The number of benzene rings is 1. The lowest BCUT2D eigenvalue weighted by Gasteiger charge is -2.27. The van der Waals surface area contributed by atoms with Crippen molar-refractivity contribution in [2.75, 3.05) is 0 Å². The zero-order valence-electron chi connectivity index (χ0n) is 17.7. The number of H-pyrrole nitrogens is 1. The first-order chi connectivity index (χ1) is 15.3. The van der Waals surface area contributed by atoms with Gasteiger partial charge in [0.25, 0.3) is 5.91 Å². The fourth-order valence-electron chi connectivity index (χ4n) is 4.90. The molecule has 2 aromatic heterocycles. The summed E-state index contributed by atoms with van der Waals surface area (Å²) in [5.41, 5.74) is 2.89. The van der Waals surface area contributed by atoms with Crippen molar-refractivity contribution >= 4 is 16.8 Å². The van der Waals surface area contributed by atoms with Crippen LogP contribution in [0.25, 0.3) is 10.9 Å². The number of alkyl halides is 3. The second-order valence-electron chi connectivity index (χ2n) is 8.79. The number of aromatic amines is 1. The molecule has 1 saturated carbocycles. The smallest absolute Gasteiger partial charge is 0.364 e. The van der Waals surface area contributed by atoms with E-state index in [4.69, 9.17) is 5.73 Å². The summed E-state index contributed by atoms with van der Waals surface area (Å²) in [5.74, 6) is -4.80. The van der Waals surface area contributed by atoms with Crippen molar-refractivity contribution in [2.24, 2.45) is 11.1 Å². The number of fused-ring (bicyclic) bond motifs is 1. The monoisotopic (exact) mass is 465 g/mol. The number of rotatable bonds is 3. The molecule has 1 aromatic carbocycles. The first-order valence-electron chi connectivity index (χ1n) is 10.2. The van der Waals surface area contributed by atoms with Crippen LogP contribution < -0.4 is 11.2 Å². The maximum atomic E-state index is 14.3. The van der Waals surface area contributed by atoms with Crippen molar-refractivity contribution in [1.29, 1.82) is 0 Å². The third-order valence-corrected chi connectivity index (χ3v) is 6.69. The van der Waals surface area contributed by atoms with Crippen molar-refractivity contribution in [3.05, 3.63) is 74.8 Å². The van der Waals surface area contributed by atoms with Gasteiger partial charge in [0.05, 0.1) is 16.3 Å². The Hall–Kier alpha value is -3.30. The molecule has 0 aliphatic heterocycles. The maximum Gasteiger partial charge on any atom is 0.394 e. The summed E-state index contributed by atoms with van der Waals surface area (Å²) >= 11 is 0. The van der Waals surface area contributed by atoms with Crippen LogP contribution in [-0.2, 0) is 0 Å². The predicted molar refractivity (Wildman–Crippen MR) is 111 cm³/mol. The molecule has 1 aliphatic rings. The van der Waals surface area contributed by atoms with Gasteiger partial charge in [-0.3, -0.25) is 14.6 Å². The van der Waals surface area contributed by atoms with E-state index in [-0.39, 0.29) is 46.3 Å². The number of hydrogen-bond donors (Lipinski definition) is 2. The standard InChI is InChI=1S/C23H20F5N3O2/c1-10-11(3-4-14(24)19(10)25)12-8-22(2,23(26,27)28)9-13(12)16-7-17(32)18-15(31-16)5-6-30-20(18)21(29)33/h3-7,12-13H,8-9H2,1-2H3,(H2,29,33)(H,31,32)/t12?,13?,22-/m0/s1. The number of carbonyl (C=O) groups is 1. The molecule has 0 bridgehead atoms. The minimum atomic E-state index is -4.55. The molecule has 0 radical (unpaired) electrons. The Kier molecular flexibility index (Phi) is 5.29.